The van der Waals surface area contributed by atoms with Crippen molar-refractivity contribution in [3.05, 3.63) is 64.4 Å². The maximum absolute atomic E-state index is 12.2. The van der Waals surface area contributed by atoms with Gasteiger partial charge in [0.25, 0.3) is 5.91 Å². The Labute approximate surface area is 145 Å². The summed E-state index contributed by atoms with van der Waals surface area (Å²) in [6.07, 6.45) is 3.80. The van der Waals surface area contributed by atoms with Gasteiger partial charge in [0.05, 0.1) is 5.69 Å². The third-order valence-electron chi connectivity index (χ3n) is 4.14. The lowest BCUT2D eigenvalue weighted by Gasteiger charge is -2.32. The summed E-state index contributed by atoms with van der Waals surface area (Å²) in [7, 11) is 0. The minimum Gasteiger partial charge on any atom is -0.349 e. The molecule has 1 aliphatic rings. The number of nitrogens with one attached hydrogen (secondary N) is 1. The van der Waals surface area contributed by atoms with Crippen LogP contribution in [0.3, 0.4) is 0 Å². The van der Waals surface area contributed by atoms with Gasteiger partial charge in [-0.1, -0.05) is 22.0 Å². The van der Waals surface area contributed by atoms with E-state index < -0.39 is 0 Å². The van der Waals surface area contributed by atoms with Crippen LogP contribution in [0.1, 0.15) is 28.9 Å². The number of likely N-dealkylation sites (tertiary alicyclic amines) is 1. The van der Waals surface area contributed by atoms with Gasteiger partial charge in [-0.25, -0.2) is 0 Å². The number of pyridine rings is 1. The SMILES string of the molecule is O=C(NC1CCN(Cc2ccccn2)CC1)c1ccc(Br)cc1. The summed E-state index contributed by atoms with van der Waals surface area (Å²) in [5.41, 5.74) is 1.81. The van der Waals surface area contributed by atoms with Gasteiger partial charge in [-0.3, -0.25) is 14.7 Å². The predicted molar refractivity (Wildman–Crippen MR) is 94.1 cm³/mol. The molecule has 4 nitrogen and oxygen atoms in total. The molecule has 0 aliphatic carbocycles. The Bertz CT molecular complexity index is 637. The van der Waals surface area contributed by atoms with Crippen LogP contribution in [0.2, 0.25) is 0 Å². The van der Waals surface area contributed by atoms with Crippen molar-refractivity contribution in [3.63, 3.8) is 0 Å². The second-order valence-electron chi connectivity index (χ2n) is 5.85. The average Bonchev–Trinajstić information content (AvgIpc) is 2.58. The molecule has 5 heteroatoms. The number of piperidine rings is 1. The molecule has 0 bridgehead atoms. The van der Waals surface area contributed by atoms with Crippen molar-refractivity contribution in [1.82, 2.24) is 15.2 Å². The summed E-state index contributed by atoms with van der Waals surface area (Å²) in [4.78, 5) is 19.0. The molecule has 1 aromatic heterocycles. The van der Waals surface area contributed by atoms with Gasteiger partial charge in [-0.15, -0.1) is 0 Å². The smallest absolute Gasteiger partial charge is 0.251 e. The number of halogens is 1. The Kier molecular flexibility index (Phi) is 5.41. The topological polar surface area (TPSA) is 45.2 Å². The van der Waals surface area contributed by atoms with E-state index in [4.69, 9.17) is 0 Å². The number of hydrogen-bond acceptors (Lipinski definition) is 3. The number of rotatable bonds is 4. The van der Waals surface area contributed by atoms with Crippen LogP contribution in [0.15, 0.2) is 53.1 Å². The standard InChI is InChI=1S/C18H20BrN3O/c19-15-6-4-14(5-7-15)18(23)21-16-8-11-22(12-9-16)13-17-3-1-2-10-20-17/h1-7,10,16H,8-9,11-13H2,(H,21,23). The molecule has 3 rings (SSSR count). The van der Waals surface area contributed by atoms with Crippen molar-refractivity contribution in [2.75, 3.05) is 13.1 Å². The van der Waals surface area contributed by atoms with E-state index in [0.717, 1.165) is 42.6 Å². The molecule has 1 aliphatic heterocycles. The zero-order valence-corrected chi connectivity index (χ0v) is 14.5. The van der Waals surface area contributed by atoms with Gasteiger partial charge in [-0.05, 0) is 49.2 Å². The third kappa shape index (κ3) is 4.62. The van der Waals surface area contributed by atoms with Crippen LogP contribution in [-0.4, -0.2) is 34.9 Å². The molecule has 1 amide bonds. The molecule has 0 spiro atoms. The highest BCUT2D eigenvalue weighted by molar-refractivity contribution is 9.10. The first kappa shape index (κ1) is 16.1. The molecular formula is C18H20BrN3O. The molecule has 0 saturated carbocycles. The minimum atomic E-state index is 0.0145. The highest BCUT2D eigenvalue weighted by Crippen LogP contribution is 2.15. The Morgan fingerprint density at radius 1 is 1.17 bits per heavy atom. The molecule has 2 aromatic rings. The molecule has 1 saturated heterocycles. The summed E-state index contributed by atoms with van der Waals surface area (Å²) >= 11 is 3.38. The molecule has 0 unspecified atom stereocenters. The first-order chi connectivity index (χ1) is 11.2. The fraction of sp³-hybridized carbons (Fsp3) is 0.333. The van der Waals surface area contributed by atoms with Crippen LogP contribution in [0.5, 0.6) is 0 Å². The summed E-state index contributed by atoms with van der Waals surface area (Å²) in [6.45, 7) is 2.86. The fourth-order valence-electron chi connectivity index (χ4n) is 2.83. The minimum absolute atomic E-state index is 0.0145. The molecule has 0 atom stereocenters. The van der Waals surface area contributed by atoms with E-state index in [1.807, 2.05) is 42.6 Å². The van der Waals surface area contributed by atoms with Crippen molar-refractivity contribution in [2.45, 2.75) is 25.4 Å². The van der Waals surface area contributed by atoms with E-state index in [-0.39, 0.29) is 11.9 Å². The summed E-state index contributed by atoms with van der Waals surface area (Å²) in [5, 5.41) is 3.14. The first-order valence-electron chi connectivity index (χ1n) is 7.89. The molecular weight excluding hydrogens is 354 g/mol. The highest BCUT2D eigenvalue weighted by atomic mass is 79.9. The average molecular weight is 374 g/mol. The molecule has 2 heterocycles. The van der Waals surface area contributed by atoms with Gasteiger partial charge in [0.15, 0.2) is 0 Å². The summed E-state index contributed by atoms with van der Waals surface area (Å²) < 4.78 is 0.983. The van der Waals surface area contributed by atoms with Crippen LogP contribution in [0.25, 0.3) is 0 Å². The summed E-state index contributed by atoms with van der Waals surface area (Å²) in [5.74, 6) is 0.0145. The summed E-state index contributed by atoms with van der Waals surface area (Å²) in [6, 6.07) is 13.7. The number of carbonyl (C=O) groups excluding carboxylic acids is 1. The van der Waals surface area contributed by atoms with E-state index >= 15 is 0 Å². The van der Waals surface area contributed by atoms with E-state index in [2.05, 4.69) is 37.2 Å². The number of aromatic nitrogens is 1. The van der Waals surface area contributed by atoms with Gasteiger partial charge in [0, 0.05) is 41.9 Å². The Morgan fingerprint density at radius 3 is 2.57 bits per heavy atom. The second kappa shape index (κ2) is 7.70. The predicted octanol–water partition coefficient (Wildman–Crippen LogP) is 3.24. The number of amides is 1. The van der Waals surface area contributed by atoms with Crippen molar-refractivity contribution < 1.29 is 4.79 Å². The van der Waals surface area contributed by atoms with E-state index in [1.165, 1.54) is 0 Å². The molecule has 1 fully saturated rings. The largest absolute Gasteiger partial charge is 0.349 e. The van der Waals surface area contributed by atoms with Gasteiger partial charge < -0.3 is 5.32 Å². The van der Waals surface area contributed by atoms with Crippen molar-refractivity contribution in [3.8, 4) is 0 Å². The Balaban J connectivity index is 1.47. The zero-order chi connectivity index (χ0) is 16.1. The quantitative estimate of drug-likeness (QED) is 0.894. The normalized spacial score (nSPS) is 16.2. The lowest BCUT2D eigenvalue weighted by molar-refractivity contribution is 0.0908. The van der Waals surface area contributed by atoms with Crippen LogP contribution in [-0.2, 0) is 6.54 Å². The van der Waals surface area contributed by atoms with Crippen LogP contribution >= 0.6 is 15.9 Å². The van der Waals surface area contributed by atoms with Crippen molar-refractivity contribution in [2.24, 2.45) is 0 Å². The number of carbonyl (C=O) groups is 1. The number of nitrogens with zero attached hydrogens (tertiary/aromatic N) is 2. The van der Waals surface area contributed by atoms with Crippen molar-refractivity contribution in [1.29, 1.82) is 0 Å². The molecule has 0 radical (unpaired) electrons. The van der Waals surface area contributed by atoms with E-state index in [1.54, 1.807) is 0 Å². The highest BCUT2D eigenvalue weighted by Gasteiger charge is 2.21. The lowest BCUT2D eigenvalue weighted by atomic mass is 10.0. The second-order valence-corrected chi connectivity index (χ2v) is 6.77. The van der Waals surface area contributed by atoms with Crippen LogP contribution in [0.4, 0.5) is 0 Å². The maximum atomic E-state index is 12.2. The van der Waals surface area contributed by atoms with Crippen molar-refractivity contribution >= 4 is 21.8 Å². The fourth-order valence-corrected chi connectivity index (χ4v) is 3.09. The Morgan fingerprint density at radius 2 is 1.91 bits per heavy atom. The maximum Gasteiger partial charge on any atom is 0.251 e. The lowest BCUT2D eigenvalue weighted by Crippen LogP contribution is -2.44. The zero-order valence-electron chi connectivity index (χ0n) is 12.9. The number of hydrogen-bond donors (Lipinski definition) is 1. The van der Waals surface area contributed by atoms with Gasteiger partial charge in [0.1, 0.15) is 0 Å². The molecule has 120 valence electrons. The van der Waals surface area contributed by atoms with Gasteiger partial charge in [0.2, 0.25) is 0 Å². The third-order valence-corrected chi connectivity index (χ3v) is 4.67. The molecule has 23 heavy (non-hydrogen) atoms. The van der Waals surface area contributed by atoms with Crippen LogP contribution in [0, 0.1) is 0 Å². The van der Waals surface area contributed by atoms with Gasteiger partial charge >= 0.3 is 0 Å². The number of benzene rings is 1. The first-order valence-corrected chi connectivity index (χ1v) is 8.69. The molecule has 1 N–H and O–H groups in total. The molecule has 1 aromatic carbocycles. The van der Waals surface area contributed by atoms with E-state index in [0.29, 0.717) is 5.56 Å². The van der Waals surface area contributed by atoms with Gasteiger partial charge in [-0.2, -0.15) is 0 Å². The Hall–Kier alpha value is -1.72. The van der Waals surface area contributed by atoms with Crippen LogP contribution < -0.4 is 5.32 Å². The van der Waals surface area contributed by atoms with E-state index in [9.17, 15) is 4.79 Å². The monoisotopic (exact) mass is 373 g/mol.